The molecule has 4 amide bonds. The second-order valence-corrected chi connectivity index (χ2v) is 7.45. The van der Waals surface area contributed by atoms with E-state index in [4.69, 9.17) is 0 Å². The monoisotopic (exact) mass is 361 g/mol. The second kappa shape index (κ2) is 7.05. The first-order valence-electron chi connectivity index (χ1n) is 8.96. The average Bonchev–Trinajstić information content (AvgIpc) is 2.83. The van der Waals surface area contributed by atoms with Crippen molar-refractivity contribution < 1.29 is 18.8 Å². The minimum absolute atomic E-state index is 0.141. The summed E-state index contributed by atoms with van der Waals surface area (Å²) in [4.78, 5) is 38.0. The number of imide groups is 1. The molecular weight excluding hydrogens is 337 g/mol. The molecule has 6 nitrogen and oxygen atoms in total. The lowest BCUT2D eigenvalue weighted by molar-refractivity contribution is -0.136. The molecule has 0 atom stereocenters. The molecule has 1 heterocycles. The summed E-state index contributed by atoms with van der Waals surface area (Å²) in [7, 11) is 0. The van der Waals surface area contributed by atoms with Gasteiger partial charge in [0.05, 0.1) is 0 Å². The number of benzene rings is 1. The van der Waals surface area contributed by atoms with Crippen LogP contribution in [0.2, 0.25) is 0 Å². The summed E-state index contributed by atoms with van der Waals surface area (Å²) in [5.74, 6) is -0.557. The molecule has 26 heavy (non-hydrogen) atoms. The van der Waals surface area contributed by atoms with Crippen LogP contribution in [-0.4, -0.2) is 34.8 Å². The number of rotatable bonds is 4. The van der Waals surface area contributed by atoms with Gasteiger partial charge in [-0.05, 0) is 55.7 Å². The van der Waals surface area contributed by atoms with E-state index in [-0.39, 0.29) is 24.8 Å². The molecule has 1 aliphatic heterocycles. The molecule has 2 fully saturated rings. The van der Waals surface area contributed by atoms with Gasteiger partial charge in [0, 0.05) is 6.54 Å². The van der Waals surface area contributed by atoms with Crippen molar-refractivity contribution >= 4 is 17.8 Å². The molecule has 3 rings (SSSR count). The maximum absolute atomic E-state index is 13.5. The molecule has 2 N–H and O–H groups in total. The van der Waals surface area contributed by atoms with Gasteiger partial charge in [-0.3, -0.25) is 14.5 Å². The third kappa shape index (κ3) is 3.57. The van der Waals surface area contributed by atoms with E-state index in [1.807, 2.05) is 0 Å². The van der Waals surface area contributed by atoms with Crippen LogP contribution in [0.25, 0.3) is 0 Å². The van der Waals surface area contributed by atoms with Gasteiger partial charge in [0.2, 0.25) is 5.91 Å². The molecular formula is C19H24FN3O3. The summed E-state index contributed by atoms with van der Waals surface area (Å²) in [6.45, 7) is 3.61. The summed E-state index contributed by atoms with van der Waals surface area (Å²) in [6, 6.07) is 4.22. The third-order valence-electron chi connectivity index (χ3n) is 5.40. The summed E-state index contributed by atoms with van der Waals surface area (Å²) in [5.41, 5.74) is 0.312. The Balaban J connectivity index is 1.58. The highest BCUT2D eigenvalue weighted by atomic mass is 19.1. The Labute approximate surface area is 152 Å². The SMILES string of the molecule is Cc1ccc(CNC(=O)CN2C(=O)NC3(CCC(C)CC3)C2=O)cc1F. The molecule has 2 aliphatic rings. The van der Waals surface area contributed by atoms with Gasteiger partial charge in [-0.15, -0.1) is 0 Å². The smallest absolute Gasteiger partial charge is 0.325 e. The van der Waals surface area contributed by atoms with Crippen molar-refractivity contribution in [1.82, 2.24) is 15.5 Å². The molecule has 0 radical (unpaired) electrons. The first kappa shape index (κ1) is 18.4. The van der Waals surface area contributed by atoms with Crippen molar-refractivity contribution in [2.45, 2.75) is 51.6 Å². The van der Waals surface area contributed by atoms with Crippen LogP contribution >= 0.6 is 0 Å². The number of carbonyl (C=O) groups is 3. The number of hydrogen-bond acceptors (Lipinski definition) is 3. The molecule has 7 heteroatoms. The Hall–Kier alpha value is -2.44. The van der Waals surface area contributed by atoms with Gasteiger partial charge in [0.15, 0.2) is 0 Å². The van der Waals surface area contributed by atoms with Gasteiger partial charge in [-0.25, -0.2) is 9.18 Å². The zero-order valence-electron chi connectivity index (χ0n) is 15.1. The third-order valence-corrected chi connectivity index (χ3v) is 5.40. The highest BCUT2D eigenvalue weighted by Crippen LogP contribution is 2.36. The Morgan fingerprint density at radius 2 is 2.04 bits per heavy atom. The van der Waals surface area contributed by atoms with Crippen LogP contribution in [0.4, 0.5) is 9.18 Å². The normalized spacial score (nSPS) is 25.5. The second-order valence-electron chi connectivity index (χ2n) is 7.45. The highest BCUT2D eigenvalue weighted by molar-refractivity contribution is 6.09. The van der Waals surface area contributed by atoms with Gasteiger partial charge in [0.25, 0.3) is 5.91 Å². The van der Waals surface area contributed by atoms with Crippen LogP contribution in [-0.2, 0) is 16.1 Å². The largest absolute Gasteiger partial charge is 0.350 e. The van der Waals surface area contributed by atoms with Crippen molar-refractivity contribution in [3.05, 3.63) is 35.1 Å². The highest BCUT2D eigenvalue weighted by Gasteiger charge is 2.52. The summed E-state index contributed by atoms with van der Waals surface area (Å²) in [6.07, 6.45) is 2.98. The van der Waals surface area contributed by atoms with Gasteiger partial charge in [-0.2, -0.15) is 0 Å². The molecule has 1 aromatic rings. The van der Waals surface area contributed by atoms with Crippen LogP contribution < -0.4 is 10.6 Å². The Bertz CT molecular complexity index is 742. The summed E-state index contributed by atoms with van der Waals surface area (Å²) in [5, 5.41) is 5.42. The minimum atomic E-state index is -0.843. The van der Waals surface area contributed by atoms with E-state index in [1.165, 1.54) is 6.07 Å². The Morgan fingerprint density at radius 1 is 1.35 bits per heavy atom. The van der Waals surface area contributed by atoms with E-state index in [0.29, 0.717) is 29.9 Å². The topological polar surface area (TPSA) is 78.5 Å². The van der Waals surface area contributed by atoms with Crippen LogP contribution in [0, 0.1) is 18.7 Å². The molecule has 1 aromatic carbocycles. The lowest BCUT2D eigenvalue weighted by Gasteiger charge is -2.33. The fraction of sp³-hybridized carbons (Fsp3) is 0.526. The van der Waals surface area contributed by atoms with Crippen LogP contribution in [0.3, 0.4) is 0 Å². The van der Waals surface area contributed by atoms with Crippen LogP contribution in [0.1, 0.15) is 43.7 Å². The van der Waals surface area contributed by atoms with Crippen LogP contribution in [0.5, 0.6) is 0 Å². The van der Waals surface area contributed by atoms with Crippen molar-refractivity contribution in [3.8, 4) is 0 Å². The van der Waals surface area contributed by atoms with E-state index in [9.17, 15) is 18.8 Å². The van der Waals surface area contributed by atoms with Crippen molar-refractivity contribution in [2.24, 2.45) is 5.92 Å². The molecule has 0 aromatic heterocycles. The number of halogens is 1. The predicted molar refractivity (Wildman–Crippen MR) is 93.6 cm³/mol. The fourth-order valence-electron chi connectivity index (χ4n) is 3.56. The zero-order valence-corrected chi connectivity index (χ0v) is 15.1. The molecule has 1 spiro atoms. The van der Waals surface area contributed by atoms with Crippen molar-refractivity contribution in [3.63, 3.8) is 0 Å². The average molecular weight is 361 g/mol. The van der Waals surface area contributed by atoms with Crippen molar-refractivity contribution in [2.75, 3.05) is 6.54 Å². The van der Waals surface area contributed by atoms with Gasteiger partial charge < -0.3 is 10.6 Å². The maximum Gasteiger partial charge on any atom is 0.325 e. The van der Waals surface area contributed by atoms with E-state index in [2.05, 4.69) is 17.6 Å². The number of nitrogens with one attached hydrogen (secondary N) is 2. The number of carbonyl (C=O) groups excluding carboxylic acids is 3. The molecule has 1 saturated carbocycles. The zero-order chi connectivity index (χ0) is 18.9. The number of nitrogens with zero attached hydrogens (tertiary/aromatic N) is 1. The van der Waals surface area contributed by atoms with E-state index in [1.54, 1.807) is 19.1 Å². The van der Waals surface area contributed by atoms with Gasteiger partial charge in [0.1, 0.15) is 17.9 Å². The van der Waals surface area contributed by atoms with E-state index < -0.39 is 17.5 Å². The van der Waals surface area contributed by atoms with Gasteiger partial charge >= 0.3 is 6.03 Å². The maximum atomic E-state index is 13.5. The summed E-state index contributed by atoms with van der Waals surface area (Å²) < 4.78 is 13.5. The van der Waals surface area contributed by atoms with Crippen LogP contribution in [0.15, 0.2) is 18.2 Å². The molecule has 140 valence electrons. The molecule has 1 aliphatic carbocycles. The number of urea groups is 1. The number of hydrogen-bond donors (Lipinski definition) is 2. The van der Waals surface area contributed by atoms with E-state index in [0.717, 1.165) is 17.7 Å². The lowest BCUT2D eigenvalue weighted by atomic mass is 9.77. The predicted octanol–water partition coefficient (Wildman–Crippen LogP) is 2.25. The lowest BCUT2D eigenvalue weighted by Crippen LogP contribution is -2.49. The van der Waals surface area contributed by atoms with Crippen molar-refractivity contribution in [1.29, 1.82) is 0 Å². The Morgan fingerprint density at radius 3 is 2.69 bits per heavy atom. The molecule has 0 bridgehead atoms. The fourth-order valence-corrected chi connectivity index (χ4v) is 3.56. The number of amides is 4. The van der Waals surface area contributed by atoms with Gasteiger partial charge in [-0.1, -0.05) is 19.1 Å². The minimum Gasteiger partial charge on any atom is -0.350 e. The molecule has 1 saturated heterocycles. The quantitative estimate of drug-likeness (QED) is 0.808. The standard InChI is InChI=1S/C19H24FN3O3/c1-12-5-7-19(8-6-12)17(25)23(18(26)22-19)11-16(24)21-10-14-4-3-13(2)15(20)9-14/h3-4,9,12H,5-8,10-11H2,1-2H3,(H,21,24)(H,22,26). The number of aryl methyl sites for hydroxylation is 1. The Kier molecular flexibility index (Phi) is 4.98. The first-order valence-corrected chi connectivity index (χ1v) is 8.96. The first-order chi connectivity index (χ1) is 12.3. The summed E-state index contributed by atoms with van der Waals surface area (Å²) >= 11 is 0. The van der Waals surface area contributed by atoms with E-state index >= 15 is 0 Å². The molecule has 0 unspecified atom stereocenters.